The Bertz CT molecular complexity index is 1790. The molecule has 0 radical (unpaired) electrons. The van der Waals surface area contributed by atoms with Gasteiger partial charge < -0.3 is 14.2 Å². The molecule has 0 aliphatic carbocycles. The number of hydrogen-bond acceptors (Lipinski definition) is 3. The van der Waals surface area contributed by atoms with Crippen molar-refractivity contribution in [1.29, 1.82) is 0 Å². The smallest absolute Gasteiger partial charge is 0.135 e. The van der Waals surface area contributed by atoms with Gasteiger partial charge in [0.1, 0.15) is 11.3 Å². The summed E-state index contributed by atoms with van der Waals surface area (Å²) in [5.74, 6) is 0.848. The Kier molecular flexibility index (Phi) is 23.3. The van der Waals surface area contributed by atoms with Crippen molar-refractivity contribution < 1.29 is 4.42 Å². The second-order valence-electron chi connectivity index (χ2n) is 9.89. The molecule has 0 unspecified atom stereocenters. The molecular formula is C50H64N2O. The van der Waals surface area contributed by atoms with E-state index in [1.54, 1.807) is 0 Å². The molecule has 3 heteroatoms. The Balaban J connectivity index is 0.00000107. The first-order chi connectivity index (χ1) is 26.3. The summed E-state index contributed by atoms with van der Waals surface area (Å²) in [4.78, 5) is 4.53. The van der Waals surface area contributed by atoms with Crippen LogP contribution in [-0.2, 0) is 0 Å². The topological polar surface area (TPSA) is 19.6 Å². The van der Waals surface area contributed by atoms with Crippen molar-refractivity contribution in [2.45, 2.75) is 83.1 Å². The van der Waals surface area contributed by atoms with E-state index >= 15 is 0 Å². The molecule has 0 bridgehead atoms. The van der Waals surface area contributed by atoms with Crippen molar-refractivity contribution in [3.05, 3.63) is 170 Å². The third-order valence-corrected chi connectivity index (χ3v) is 7.23. The highest BCUT2D eigenvalue weighted by molar-refractivity contribution is 5.89. The fourth-order valence-electron chi connectivity index (χ4n) is 5.29. The van der Waals surface area contributed by atoms with Crippen LogP contribution >= 0.6 is 0 Å². The molecule has 0 N–H and O–H groups in total. The van der Waals surface area contributed by atoms with E-state index in [4.69, 9.17) is 4.42 Å². The monoisotopic (exact) mass is 709 g/mol. The predicted octanol–water partition coefficient (Wildman–Crippen LogP) is 17.2. The van der Waals surface area contributed by atoms with Gasteiger partial charge in [-0.2, -0.15) is 0 Å². The zero-order valence-corrected chi connectivity index (χ0v) is 34.5. The third kappa shape index (κ3) is 12.6. The molecule has 3 nitrogen and oxygen atoms in total. The lowest BCUT2D eigenvalue weighted by molar-refractivity contribution is 0.631. The van der Waals surface area contributed by atoms with Gasteiger partial charge in [-0.1, -0.05) is 156 Å². The van der Waals surface area contributed by atoms with E-state index in [1.807, 2.05) is 107 Å². The van der Waals surface area contributed by atoms with Crippen LogP contribution in [-0.4, -0.2) is 0 Å². The molecule has 1 heterocycles. The Morgan fingerprint density at radius 2 is 0.604 bits per heavy atom. The molecule has 0 fully saturated rings. The fourth-order valence-corrected chi connectivity index (χ4v) is 5.29. The van der Waals surface area contributed by atoms with Gasteiger partial charge in [-0.3, -0.25) is 0 Å². The van der Waals surface area contributed by atoms with Crippen LogP contribution in [0.4, 0.5) is 34.1 Å². The van der Waals surface area contributed by atoms with E-state index in [2.05, 4.69) is 155 Å². The number of rotatable bonds is 7. The number of furan rings is 1. The van der Waals surface area contributed by atoms with Gasteiger partial charge in [-0.25, -0.2) is 0 Å². The Labute approximate surface area is 322 Å². The molecule has 280 valence electrons. The van der Waals surface area contributed by atoms with Crippen molar-refractivity contribution >= 4 is 45.1 Å². The van der Waals surface area contributed by atoms with Gasteiger partial charge in [0.05, 0.1) is 0 Å². The standard InChI is InChI=1S/C38H28N2O.6C2H6/c1-5-13-31(14-6-1)39(32-15-7-2-8-16-32)35-23-21-29(22-24-35)38-28-30-27-36(25-26-37(30)41-38)40(33-17-9-3-10-18-33)34-19-11-4-12-20-34;6*1-2/h1-28H;6*1-2H3. The summed E-state index contributed by atoms with van der Waals surface area (Å²) in [5, 5.41) is 1.06. The van der Waals surface area contributed by atoms with E-state index in [0.29, 0.717) is 0 Å². The quantitative estimate of drug-likeness (QED) is 0.164. The molecule has 6 aromatic carbocycles. The van der Waals surface area contributed by atoms with Gasteiger partial charge in [0.2, 0.25) is 0 Å². The van der Waals surface area contributed by atoms with E-state index < -0.39 is 0 Å². The van der Waals surface area contributed by atoms with Crippen molar-refractivity contribution in [3.8, 4) is 11.3 Å². The highest BCUT2D eigenvalue weighted by atomic mass is 16.3. The highest BCUT2D eigenvalue weighted by Crippen LogP contribution is 2.39. The molecule has 7 aromatic rings. The fraction of sp³-hybridized carbons (Fsp3) is 0.240. The van der Waals surface area contributed by atoms with E-state index in [0.717, 1.165) is 56.4 Å². The molecule has 0 amide bonds. The molecule has 53 heavy (non-hydrogen) atoms. The molecule has 0 saturated heterocycles. The highest BCUT2D eigenvalue weighted by Gasteiger charge is 2.16. The molecule has 0 aliphatic rings. The Hall–Kier alpha value is -5.54. The minimum absolute atomic E-state index is 0.848. The first-order valence-electron chi connectivity index (χ1n) is 19.8. The summed E-state index contributed by atoms with van der Waals surface area (Å²) < 4.78 is 6.34. The molecule has 0 atom stereocenters. The minimum Gasteiger partial charge on any atom is -0.456 e. The second kappa shape index (κ2) is 27.2. The summed E-state index contributed by atoms with van der Waals surface area (Å²) in [5.41, 5.74) is 8.52. The van der Waals surface area contributed by atoms with Crippen molar-refractivity contribution in [2.75, 3.05) is 9.80 Å². The van der Waals surface area contributed by atoms with Gasteiger partial charge in [0, 0.05) is 45.1 Å². The van der Waals surface area contributed by atoms with E-state index in [1.165, 1.54) is 0 Å². The lowest BCUT2D eigenvalue weighted by Gasteiger charge is -2.25. The van der Waals surface area contributed by atoms with Crippen LogP contribution < -0.4 is 9.80 Å². The number of nitrogens with zero attached hydrogens (tertiary/aromatic N) is 2. The first kappa shape index (κ1) is 45.5. The largest absolute Gasteiger partial charge is 0.456 e. The lowest BCUT2D eigenvalue weighted by Crippen LogP contribution is -2.09. The van der Waals surface area contributed by atoms with Gasteiger partial charge in [0.15, 0.2) is 0 Å². The van der Waals surface area contributed by atoms with Crippen LogP contribution in [0.25, 0.3) is 22.3 Å². The Morgan fingerprint density at radius 1 is 0.302 bits per heavy atom. The molecular weight excluding hydrogens is 645 g/mol. The van der Waals surface area contributed by atoms with Crippen LogP contribution in [0.2, 0.25) is 0 Å². The number of hydrogen-bond donors (Lipinski definition) is 0. The van der Waals surface area contributed by atoms with Crippen LogP contribution in [0.5, 0.6) is 0 Å². The van der Waals surface area contributed by atoms with Crippen LogP contribution in [0.1, 0.15) is 83.1 Å². The maximum atomic E-state index is 6.34. The maximum Gasteiger partial charge on any atom is 0.135 e. The average molecular weight is 709 g/mol. The molecule has 7 rings (SSSR count). The van der Waals surface area contributed by atoms with E-state index in [-0.39, 0.29) is 0 Å². The first-order valence-corrected chi connectivity index (χ1v) is 19.8. The molecule has 0 saturated carbocycles. The normalized spacial score (nSPS) is 9.13. The summed E-state index contributed by atoms with van der Waals surface area (Å²) >= 11 is 0. The van der Waals surface area contributed by atoms with Gasteiger partial charge in [0.25, 0.3) is 0 Å². The third-order valence-electron chi connectivity index (χ3n) is 7.23. The molecule has 0 spiro atoms. The van der Waals surface area contributed by atoms with Gasteiger partial charge in [-0.05, 0) is 97.1 Å². The van der Waals surface area contributed by atoms with Gasteiger partial charge in [-0.15, -0.1) is 0 Å². The Morgan fingerprint density at radius 3 is 0.962 bits per heavy atom. The average Bonchev–Trinajstić information content (AvgIpc) is 3.71. The number of anilines is 6. The molecule has 0 aliphatic heterocycles. The van der Waals surface area contributed by atoms with Crippen molar-refractivity contribution in [1.82, 2.24) is 0 Å². The zero-order valence-electron chi connectivity index (χ0n) is 34.5. The lowest BCUT2D eigenvalue weighted by atomic mass is 10.1. The van der Waals surface area contributed by atoms with Crippen LogP contribution in [0, 0.1) is 0 Å². The number of fused-ring (bicyclic) bond motifs is 1. The summed E-state index contributed by atoms with van der Waals surface area (Å²) in [7, 11) is 0. The second-order valence-corrected chi connectivity index (χ2v) is 9.89. The van der Waals surface area contributed by atoms with Crippen molar-refractivity contribution in [2.24, 2.45) is 0 Å². The summed E-state index contributed by atoms with van der Waals surface area (Å²) in [6.45, 7) is 24.0. The summed E-state index contributed by atoms with van der Waals surface area (Å²) in [6, 6.07) is 58.9. The number of para-hydroxylation sites is 4. The number of benzene rings is 6. The van der Waals surface area contributed by atoms with Crippen molar-refractivity contribution in [3.63, 3.8) is 0 Å². The van der Waals surface area contributed by atoms with Crippen LogP contribution in [0.15, 0.2) is 174 Å². The van der Waals surface area contributed by atoms with Crippen LogP contribution in [0.3, 0.4) is 0 Å². The van der Waals surface area contributed by atoms with Gasteiger partial charge >= 0.3 is 0 Å². The summed E-state index contributed by atoms with van der Waals surface area (Å²) in [6.07, 6.45) is 0. The molecule has 1 aromatic heterocycles. The zero-order chi connectivity index (χ0) is 39.4. The SMILES string of the molecule is CC.CC.CC.CC.CC.CC.c1ccc(N(c2ccccc2)c2ccc(-c3cc4cc(N(c5ccccc5)c5ccccc5)ccc4o3)cc2)cc1. The van der Waals surface area contributed by atoms with E-state index in [9.17, 15) is 0 Å². The maximum absolute atomic E-state index is 6.34. The minimum atomic E-state index is 0.848. The predicted molar refractivity (Wildman–Crippen MR) is 239 cm³/mol.